The van der Waals surface area contributed by atoms with E-state index in [2.05, 4.69) is 36.6 Å². The van der Waals surface area contributed by atoms with Crippen molar-refractivity contribution in [3.63, 3.8) is 0 Å². The minimum Gasteiger partial charge on any atom is -0.494 e. The minimum absolute atomic E-state index is 0.122. The molecule has 0 saturated carbocycles. The van der Waals surface area contributed by atoms with Crippen LogP contribution in [0.2, 0.25) is 0 Å². The van der Waals surface area contributed by atoms with Crippen molar-refractivity contribution < 1.29 is 27.4 Å². The molecule has 0 amide bonds. The number of nitrogens with one attached hydrogen (secondary N) is 1. The number of amidine groups is 1. The zero-order valence-electron chi connectivity index (χ0n) is 25.0. The van der Waals surface area contributed by atoms with E-state index < -0.39 is 21.4 Å². The van der Waals surface area contributed by atoms with Crippen molar-refractivity contribution in [2.75, 3.05) is 26.1 Å². The van der Waals surface area contributed by atoms with E-state index in [1.54, 1.807) is 56.4 Å². The highest BCUT2D eigenvalue weighted by Crippen LogP contribution is 2.37. The number of hydrogen-bond donors (Lipinski definition) is 1. The van der Waals surface area contributed by atoms with Gasteiger partial charge in [-0.25, -0.2) is 23.4 Å². The molecule has 1 N–H and O–H groups in total. The number of hydrogen-bond acceptors (Lipinski definition) is 10. The first-order valence-corrected chi connectivity index (χ1v) is 14.5. The number of nitrogens with zero attached hydrogens (tertiary/aromatic N) is 6. The molecular formula is C28H37N7O6S. The van der Waals surface area contributed by atoms with Gasteiger partial charge in [0.25, 0.3) is 0 Å². The van der Waals surface area contributed by atoms with Crippen LogP contribution in [0.3, 0.4) is 0 Å². The molecule has 0 aliphatic rings. The van der Waals surface area contributed by atoms with E-state index in [9.17, 15) is 8.42 Å². The fourth-order valence-corrected chi connectivity index (χ4v) is 4.97. The smallest absolute Gasteiger partial charge is 0.243 e. The van der Waals surface area contributed by atoms with Crippen molar-refractivity contribution in [2.45, 2.75) is 52.1 Å². The van der Waals surface area contributed by atoms with E-state index in [-0.39, 0.29) is 23.7 Å². The third kappa shape index (κ3) is 7.31. The standard InChI is InChI=1S/C28H37N7O6S/c1-17(2)16-30-26(29-6)25(41-18(3)4)19(5)42(36,37)34-28-33-32-27(20-12-10-15-23(31-20)40-9)35(28)24-21(38-7)13-11-14-22(24)39-8/h10-16,18-19,25H,6H2,1-5,7-9H3,(H,33,34)/t19-,25-/m0/s1. The molecule has 3 rings (SSSR count). The summed E-state index contributed by atoms with van der Waals surface area (Å²) >= 11 is 0. The molecule has 0 radical (unpaired) electrons. The Morgan fingerprint density at radius 3 is 2.19 bits per heavy atom. The van der Waals surface area contributed by atoms with Crippen molar-refractivity contribution >= 4 is 28.5 Å². The van der Waals surface area contributed by atoms with Crippen molar-refractivity contribution in [1.82, 2.24) is 19.7 Å². The molecule has 0 fully saturated rings. The highest BCUT2D eigenvalue weighted by molar-refractivity contribution is 7.93. The van der Waals surface area contributed by atoms with Gasteiger partial charge in [-0.1, -0.05) is 17.7 Å². The fraction of sp³-hybridized carbons (Fsp3) is 0.393. The van der Waals surface area contributed by atoms with Gasteiger partial charge in [0.1, 0.15) is 34.2 Å². The highest BCUT2D eigenvalue weighted by atomic mass is 32.2. The number of ether oxygens (including phenoxy) is 4. The van der Waals surface area contributed by atoms with Gasteiger partial charge in [-0.2, -0.15) is 0 Å². The van der Waals surface area contributed by atoms with Crippen molar-refractivity contribution in [2.24, 2.45) is 9.98 Å². The summed E-state index contributed by atoms with van der Waals surface area (Å²) in [5, 5.41) is 7.31. The number of pyridine rings is 1. The molecule has 0 spiro atoms. The maximum atomic E-state index is 13.9. The quantitative estimate of drug-likeness (QED) is 0.224. The lowest BCUT2D eigenvalue weighted by Crippen LogP contribution is -2.43. The van der Waals surface area contributed by atoms with E-state index in [4.69, 9.17) is 18.9 Å². The maximum absolute atomic E-state index is 13.9. The second kappa shape index (κ2) is 14.0. The van der Waals surface area contributed by atoms with Crippen LogP contribution in [0.4, 0.5) is 5.95 Å². The predicted octanol–water partition coefficient (Wildman–Crippen LogP) is 4.30. The Labute approximate surface area is 246 Å². The third-order valence-corrected chi connectivity index (χ3v) is 7.58. The van der Waals surface area contributed by atoms with E-state index in [0.29, 0.717) is 28.8 Å². The van der Waals surface area contributed by atoms with Crippen LogP contribution in [0.25, 0.3) is 17.2 Å². The first-order valence-electron chi connectivity index (χ1n) is 13.0. The first kappa shape index (κ1) is 32.2. The highest BCUT2D eigenvalue weighted by Gasteiger charge is 2.36. The van der Waals surface area contributed by atoms with Gasteiger partial charge in [-0.3, -0.25) is 9.29 Å². The average molecular weight is 600 g/mol. The zero-order valence-corrected chi connectivity index (χ0v) is 25.8. The van der Waals surface area contributed by atoms with Gasteiger partial charge in [0, 0.05) is 12.3 Å². The van der Waals surface area contributed by atoms with Gasteiger partial charge in [0.2, 0.25) is 21.9 Å². The Morgan fingerprint density at radius 2 is 1.64 bits per heavy atom. The van der Waals surface area contributed by atoms with Crippen LogP contribution in [0, 0.1) is 0 Å². The number of aromatic nitrogens is 4. The first-order chi connectivity index (χ1) is 20.0. The van der Waals surface area contributed by atoms with E-state index in [1.165, 1.54) is 32.8 Å². The summed E-state index contributed by atoms with van der Waals surface area (Å²) in [6.45, 7) is 12.4. The summed E-state index contributed by atoms with van der Waals surface area (Å²) in [6.07, 6.45) is 0.191. The second-order valence-electron chi connectivity index (χ2n) is 9.57. The van der Waals surface area contributed by atoms with Crippen LogP contribution in [-0.2, 0) is 14.8 Å². The fourth-order valence-electron chi connectivity index (χ4n) is 3.89. The molecule has 13 nitrogen and oxygen atoms in total. The molecule has 0 saturated heterocycles. The molecule has 0 aliphatic heterocycles. The van der Waals surface area contributed by atoms with Crippen LogP contribution in [0.15, 0.2) is 58.2 Å². The number of anilines is 1. The van der Waals surface area contributed by atoms with Gasteiger partial charge in [0.05, 0.1) is 27.4 Å². The Bertz CT molecular complexity index is 1540. The number of sulfonamides is 1. The summed E-state index contributed by atoms with van der Waals surface area (Å²) < 4.78 is 54.4. The summed E-state index contributed by atoms with van der Waals surface area (Å²) in [6, 6.07) is 10.3. The van der Waals surface area contributed by atoms with Gasteiger partial charge < -0.3 is 18.9 Å². The number of benzene rings is 1. The van der Waals surface area contributed by atoms with Gasteiger partial charge in [-0.05, 0) is 59.5 Å². The number of allylic oxidation sites excluding steroid dienone is 1. The van der Waals surface area contributed by atoms with Crippen LogP contribution in [0.1, 0.15) is 34.6 Å². The maximum Gasteiger partial charge on any atom is 0.243 e. The molecule has 1 aromatic carbocycles. The minimum atomic E-state index is -4.22. The molecular weight excluding hydrogens is 562 g/mol. The lowest BCUT2D eigenvalue weighted by atomic mass is 10.2. The molecule has 2 aromatic heterocycles. The lowest BCUT2D eigenvalue weighted by molar-refractivity contribution is 0.0459. The molecule has 0 aliphatic carbocycles. The molecule has 3 aromatic rings. The summed E-state index contributed by atoms with van der Waals surface area (Å²) in [7, 11) is 0.248. The number of rotatable bonds is 13. The van der Waals surface area contributed by atoms with Crippen molar-refractivity contribution in [1.29, 1.82) is 0 Å². The van der Waals surface area contributed by atoms with Gasteiger partial charge in [-0.15, -0.1) is 10.2 Å². The summed E-state index contributed by atoms with van der Waals surface area (Å²) in [4.78, 5) is 12.8. The number of methoxy groups -OCH3 is 3. The van der Waals surface area contributed by atoms with Crippen LogP contribution in [0.5, 0.6) is 17.4 Å². The SMILES string of the molecule is C=NC(=NC=C(C)C)[C@@H](OC(C)C)[C@H](C)S(=O)(=O)Nc1nnc(-c2cccc(OC)n2)n1-c1c(OC)cccc1OC. The second-order valence-corrected chi connectivity index (χ2v) is 11.6. The Balaban J connectivity index is 2.22. The average Bonchev–Trinajstić information content (AvgIpc) is 3.37. The van der Waals surface area contributed by atoms with Crippen LogP contribution < -0.4 is 18.9 Å². The third-order valence-electron chi connectivity index (χ3n) is 5.89. The number of para-hydroxylation sites is 1. The zero-order chi connectivity index (χ0) is 31.0. The van der Waals surface area contributed by atoms with Crippen LogP contribution in [-0.4, -0.2) is 79.5 Å². The van der Waals surface area contributed by atoms with Gasteiger partial charge >= 0.3 is 0 Å². The van der Waals surface area contributed by atoms with E-state index >= 15 is 0 Å². The normalized spacial score (nSPS) is 13.3. The van der Waals surface area contributed by atoms with Gasteiger partial charge in [0.15, 0.2) is 11.7 Å². The molecule has 226 valence electrons. The molecule has 14 heteroatoms. The molecule has 42 heavy (non-hydrogen) atoms. The monoisotopic (exact) mass is 599 g/mol. The molecule has 2 heterocycles. The lowest BCUT2D eigenvalue weighted by Gasteiger charge is -2.26. The summed E-state index contributed by atoms with van der Waals surface area (Å²) in [5.74, 6) is 1.27. The number of aliphatic imine (C=N–C) groups is 2. The Morgan fingerprint density at radius 1 is 1.00 bits per heavy atom. The Kier molecular flexibility index (Phi) is 10.8. The predicted molar refractivity (Wildman–Crippen MR) is 163 cm³/mol. The largest absolute Gasteiger partial charge is 0.494 e. The van der Waals surface area contributed by atoms with E-state index in [0.717, 1.165) is 5.57 Å². The molecule has 0 unspecified atom stereocenters. The van der Waals surface area contributed by atoms with E-state index in [1.807, 2.05) is 13.8 Å². The molecule has 0 bridgehead atoms. The Hall–Kier alpha value is -4.30. The topological polar surface area (TPSA) is 151 Å². The van der Waals surface area contributed by atoms with Crippen molar-refractivity contribution in [3.8, 4) is 34.6 Å². The van der Waals surface area contributed by atoms with Crippen LogP contribution >= 0.6 is 0 Å². The van der Waals surface area contributed by atoms with Crippen molar-refractivity contribution in [3.05, 3.63) is 48.2 Å². The summed E-state index contributed by atoms with van der Waals surface area (Å²) in [5.41, 5.74) is 1.61. The molecule has 2 atom stereocenters.